The predicted octanol–water partition coefficient (Wildman–Crippen LogP) is 4.36. The van der Waals surface area contributed by atoms with Crippen LogP contribution in [-0.2, 0) is 0 Å². The fourth-order valence-electron chi connectivity index (χ4n) is 1.41. The molecule has 1 heterocycles. The van der Waals surface area contributed by atoms with Crippen LogP contribution in [0.3, 0.4) is 0 Å². The van der Waals surface area contributed by atoms with Crippen LogP contribution in [0.4, 0.5) is 0 Å². The third-order valence-corrected chi connectivity index (χ3v) is 2.88. The summed E-state index contributed by atoms with van der Waals surface area (Å²) < 4.78 is 5.54. The maximum atomic E-state index is 9.07. The van der Waals surface area contributed by atoms with Crippen LogP contribution in [-0.4, -0.2) is 4.98 Å². The van der Waals surface area contributed by atoms with Gasteiger partial charge in [-0.05, 0) is 30.7 Å². The summed E-state index contributed by atoms with van der Waals surface area (Å²) in [4.78, 5) is 4.03. The molecule has 3 nitrogen and oxygen atoms in total. The van der Waals surface area contributed by atoms with Crippen molar-refractivity contribution >= 4 is 23.2 Å². The number of benzene rings is 1. The molecule has 0 aliphatic rings. The number of hydrogen-bond acceptors (Lipinski definition) is 3. The molecular weight excluding hydrogens is 271 g/mol. The van der Waals surface area contributed by atoms with E-state index in [0.717, 1.165) is 5.56 Å². The molecule has 1 aromatic heterocycles. The van der Waals surface area contributed by atoms with Crippen molar-refractivity contribution in [2.75, 3.05) is 0 Å². The van der Waals surface area contributed by atoms with Crippen molar-refractivity contribution in [3.05, 3.63) is 51.6 Å². The van der Waals surface area contributed by atoms with Crippen LogP contribution < -0.4 is 4.74 Å². The van der Waals surface area contributed by atoms with Gasteiger partial charge in [0.2, 0.25) is 5.88 Å². The molecule has 0 radical (unpaired) electrons. The van der Waals surface area contributed by atoms with E-state index < -0.39 is 0 Å². The molecule has 90 valence electrons. The summed E-state index contributed by atoms with van der Waals surface area (Å²) in [6.07, 6.45) is 1.57. The van der Waals surface area contributed by atoms with Gasteiger partial charge < -0.3 is 4.74 Å². The average Bonchev–Trinajstić information content (AvgIpc) is 2.34. The molecule has 0 aliphatic heterocycles. The van der Waals surface area contributed by atoms with E-state index in [4.69, 9.17) is 33.2 Å². The van der Waals surface area contributed by atoms with Crippen molar-refractivity contribution in [3.8, 4) is 17.7 Å². The Balaban J connectivity index is 2.44. The molecule has 2 aromatic rings. The van der Waals surface area contributed by atoms with E-state index in [9.17, 15) is 0 Å². The summed E-state index contributed by atoms with van der Waals surface area (Å²) in [5.74, 6) is 0.598. The highest BCUT2D eigenvalue weighted by Gasteiger charge is 2.11. The van der Waals surface area contributed by atoms with E-state index in [1.807, 2.05) is 6.92 Å². The summed E-state index contributed by atoms with van der Waals surface area (Å²) in [6.45, 7) is 1.81. The zero-order chi connectivity index (χ0) is 13.1. The van der Waals surface area contributed by atoms with Gasteiger partial charge in [-0.25, -0.2) is 4.98 Å². The molecule has 1 aromatic carbocycles. The van der Waals surface area contributed by atoms with Crippen LogP contribution >= 0.6 is 23.2 Å². The number of aromatic nitrogens is 1. The van der Waals surface area contributed by atoms with E-state index >= 15 is 0 Å². The van der Waals surface area contributed by atoms with E-state index in [-0.39, 0.29) is 5.88 Å². The van der Waals surface area contributed by atoms with Gasteiger partial charge in [0.1, 0.15) is 17.4 Å². The first kappa shape index (κ1) is 12.7. The van der Waals surface area contributed by atoms with Crippen LogP contribution in [0.5, 0.6) is 11.6 Å². The van der Waals surface area contributed by atoms with Gasteiger partial charge in [-0.3, -0.25) is 0 Å². The number of rotatable bonds is 2. The summed E-state index contributed by atoms with van der Waals surface area (Å²) in [6, 6.07) is 8.66. The quantitative estimate of drug-likeness (QED) is 0.820. The molecule has 0 bridgehead atoms. The second kappa shape index (κ2) is 5.26. The predicted molar refractivity (Wildman–Crippen MR) is 70.2 cm³/mol. The monoisotopic (exact) mass is 278 g/mol. The first-order valence-corrected chi connectivity index (χ1v) is 5.86. The van der Waals surface area contributed by atoms with Gasteiger partial charge in [-0.1, -0.05) is 23.2 Å². The minimum atomic E-state index is 0.224. The first-order valence-electron chi connectivity index (χ1n) is 5.10. The zero-order valence-corrected chi connectivity index (χ0v) is 11.0. The Bertz CT molecular complexity index is 635. The highest BCUT2D eigenvalue weighted by molar-refractivity contribution is 6.34. The standard InChI is InChI=1S/C13H8Cl2N2O/c1-8-4-5-17-13(10(8)7-16)18-12-6-9(14)2-3-11(12)15/h2-6H,1H3. The minimum Gasteiger partial charge on any atom is -0.436 e. The Morgan fingerprint density at radius 1 is 1.28 bits per heavy atom. The molecule has 0 spiro atoms. The Hall–Kier alpha value is -1.76. The van der Waals surface area contributed by atoms with Crippen LogP contribution in [0, 0.1) is 18.3 Å². The summed E-state index contributed by atoms with van der Waals surface area (Å²) in [5.41, 5.74) is 1.18. The smallest absolute Gasteiger partial charge is 0.237 e. The highest BCUT2D eigenvalue weighted by atomic mass is 35.5. The fraction of sp³-hybridized carbons (Fsp3) is 0.0769. The number of nitriles is 1. The summed E-state index contributed by atoms with van der Waals surface area (Å²) in [7, 11) is 0. The third-order valence-electron chi connectivity index (χ3n) is 2.34. The number of halogens is 2. The lowest BCUT2D eigenvalue weighted by molar-refractivity contribution is 0.461. The molecule has 0 saturated carbocycles. The molecule has 0 saturated heterocycles. The molecule has 0 amide bonds. The molecular formula is C13H8Cl2N2O. The van der Waals surface area contributed by atoms with Gasteiger partial charge in [-0.2, -0.15) is 5.26 Å². The van der Waals surface area contributed by atoms with Gasteiger partial charge >= 0.3 is 0 Å². The van der Waals surface area contributed by atoms with E-state index in [2.05, 4.69) is 11.1 Å². The van der Waals surface area contributed by atoms with Gasteiger partial charge in [0.05, 0.1) is 5.02 Å². The molecule has 0 N–H and O–H groups in total. The topological polar surface area (TPSA) is 45.9 Å². The molecule has 0 unspecified atom stereocenters. The Morgan fingerprint density at radius 3 is 2.78 bits per heavy atom. The number of pyridine rings is 1. The van der Waals surface area contributed by atoms with E-state index in [1.165, 1.54) is 0 Å². The normalized spacial score (nSPS) is 9.89. The first-order chi connectivity index (χ1) is 8.61. The SMILES string of the molecule is Cc1ccnc(Oc2cc(Cl)ccc2Cl)c1C#N. The Kier molecular flexibility index (Phi) is 3.71. The maximum Gasteiger partial charge on any atom is 0.237 e. The lowest BCUT2D eigenvalue weighted by Gasteiger charge is -2.09. The molecule has 5 heteroatoms. The molecule has 2 rings (SSSR count). The molecule has 0 aliphatic carbocycles. The lowest BCUT2D eigenvalue weighted by Crippen LogP contribution is -1.94. The van der Waals surface area contributed by atoms with Gasteiger partial charge in [-0.15, -0.1) is 0 Å². The largest absolute Gasteiger partial charge is 0.436 e. The fourth-order valence-corrected chi connectivity index (χ4v) is 1.72. The number of aryl methyl sites for hydroxylation is 1. The number of hydrogen-bond donors (Lipinski definition) is 0. The summed E-state index contributed by atoms with van der Waals surface area (Å²) in [5, 5.41) is 9.98. The number of ether oxygens (including phenoxy) is 1. The Labute approximate surface area is 115 Å². The molecule has 0 atom stereocenters. The van der Waals surface area contributed by atoms with Gasteiger partial charge in [0, 0.05) is 17.3 Å². The van der Waals surface area contributed by atoms with Crippen LogP contribution in [0.25, 0.3) is 0 Å². The van der Waals surface area contributed by atoms with Crippen LogP contribution in [0.15, 0.2) is 30.5 Å². The molecule has 18 heavy (non-hydrogen) atoms. The van der Waals surface area contributed by atoms with Crippen molar-refractivity contribution < 1.29 is 4.74 Å². The van der Waals surface area contributed by atoms with Crippen molar-refractivity contribution in [2.45, 2.75) is 6.92 Å². The average molecular weight is 279 g/mol. The minimum absolute atomic E-state index is 0.224. The second-order valence-corrected chi connectivity index (χ2v) is 4.44. The third kappa shape index (κ3) is 2.56. The van der Waals surface area contributed by atoms with Crippen molar-refractivity contribution in [2.24, 2.45) is 0 Å². The van der Waals surface area contributed by atoms with Crippen LogP contribution in [0.1, 0.15) is 11.1 Å². The number of nitrogens with zero attached hydrogens (tertiary/aromatic N) is 2. The highest BCUT2D eigenvalue weighted by Crippen LogP contribution is 2.32. The Morgan fingerprint density at radius 2 is 2.06 bits per heavy atom. The van der Waals surface area contributed by atoms with Gasteiger partial charge in [0.25, 0.3) is 0 Å². The van der Waals surface area contributed by atoms with Crippen molar-refractivity contribution in [3.63, 3.8) is 0 Å². The van der Waals surface area contributed by atoms with Crippen LogP contribution in [0.2, 0.25) is 10.0 Å². The van der Waals surface area contributed by atoms with Crippen molar-refractivity contribution in [1.82, 2.24) is 4.98 Å². The van der Waals surface area contributed by atoms with E-state index in [0.29, 0.717) is 21.4 Å². The van der Waals surface area contributed by atoms with Crippen molar-refractivity contribution in [1.29, 1.82) is 5.26 Å². The summed E-state index contributed by atoms with van der Waals surface area (Å²) >= 11 is 11.9. The second-order valence-electron chi connectivity index (χ2n) is 3.60. The lowest BCUT2D eigenvalue weighted by atomic mass is 10.2. The van der Waals surface area contributed by atoms with E-state index in [1.54, 1.807) is 30.5 Å². The molecule has 0 fully saturated rings. The maximum absolute atomic E-state index is 9.07. The van der Waals surface area contributed by atoms with Gasteiger partial charge in [0.15, 0.2) is 0 Å². The zero-order valence-electron chi connectivity index (χ0n) is 9.45.